The number of hydrogen-bond donors (Lipinski definition) is 3. The van der Waals surface area contributed by atoms with Gasteiger partial charge in [0, 0.05) is 6.04 Å². The van der Waals surface area contributed by atoms with Crippen molar-refractivity contribution in [1.29, 1.82) is 0 Å². The highest BCUT2D eigenvalue weighted by Gasteiger charge is 2.10. The van der Waals surface area contributed by atoms with Crippen molar-refractivity contribution in [1.82, 2.24) is 25.8 Å². The van der Waals surface area contributed by atoms with Gasteiger partial charge in [-0.15, -0.1) is 0 Å². The average molecular weight is 257 g/mol. The first kappa shape index (κ1) is 13.5. The fraction of sp³-hybridized carbons (Fsp3) is 0.556. The van der Waals surface area contributed by atoms with Gasteiger partial charge in [-0.1, -0.05) is 18.7 Å². The van der Waals surface area contributed by atoms with Crippen molar-refractivity contribution in [2.75, 3.05) is 5.75 Å². The number of hydrogen-bond acceptors (Lipinski definition) is 5. The second-order valence-corrected chi connectivity index (χ2v) is 4.37. The van der Waals surface area contributed by atoms with Crippen molar-refractivity contribution >= 4 is 23.7 Å². The van der Waals surface area contributed by atoms with Gasteiger partial charge in [-0.2, -0.15) is 5.10 Å². The second kappa shape index (κ2) is 6.89. The molecule has 0 aliphatic rings. The molecule has 0 radical (unpaired) electrons. The largest absolute Gasteiger partial charge is 0.335 e. The van der Waals surface area contributed by atoms with Gasteiger partial charge in [0.25, 0.3) is 0 Å². The van der Waals surface area contributed by atoms with E-state index in [1.165, 1.54) is 18.1 Å². The Labute approximate surface area is 103 Å². The van der Waals surface area contributed by atoms with Crippen molar-refractivity contribution in [3.8, 4) is 0 Å². The molecule has 3 N–H and O–H groups in total. The van der Waals surface area contributed by atoms with Crippen LogP contribution < -0.4 is 10.6 Å². The molecule has 0 saturated carbocycles. The minimum Gasteiger partial charge on any atom is -0.335 e. The highest BCUT2D eigenvalue weighted by atomic mass is 32.2. The van der Waals surface area contributed by atoms with Gasteiger partial charge in [-0.25, -0.2) is 9.78 Å². The van der Waals surface area contributed by atoms with Crippen LogP contribution in [0.25, 0.3) is 0 Å². The summed E-state index contributed by atoms with van der Waals surface area (Å²) >= 11 is 1.18. The number of thioether (sulfide) groups is 1. The van der Waals surface area contributed by atoms with Crippen LogP contribution >= 0.6 is 11.8 Å². The van der Waals surface area contributed by atoms with Crippen molar-refractivity contribution in [2.24, 2.45) is 0 Å². The molecule has 1 aromatic heterocycles. The number of nitrogens with one attached hydrogen (secondary N) is 3. The summed E-state index contributed by atoms with van der Waals surface area (Å²) in [5, 5.41) is 11.7. The van der Waals surface area contributed by atoms with Crippen molar-refractivity contribution in [3.63, 3.8) is 0 Å². The van der Waals surface area contributed by atoms with Crippen LogP contribution in [-0.2, 0) is 4.79 Å². The van der Waals surface area contributed by atoms with E-state index in [0.29, 0.717) is 5.16 Å². The molecule has 0 fully saturated rings. The van der Waals surface area contributed by atoms with Gasteiger partial charge in [0.05, 0.1) is 5.75 Å². The number of amides is 3. The lowest BCUT2D eigenvalue weighted by molar-refractivity contribution is -0.117. The maximum absolute atomic E-state index is 11.4. The first-order valence-electron chi connectivity index (χ1n) is 5.20. The maximum atomic E-state index is 11.4. The molecule has 1 aromatic rings. The van der Waals surface area contributed by atoms with E-state index < -0.39 is 6.03 Å². The highest BCUT2D eigenvalue weighted by molar-refractivity contribution is 7.99. The van der Waals surface area contributed by atoms with Crippen molar-refractivity contribution in [3.05, 3.63) is 6.33 Å². The number of nitrogens with zero attached hydrogens (tertiary/aromatic N) is 2. The number of H-pyrrole nitrogens is 1. The number of aromatic nitrogens is 3. The molecule has 0 unspecified atom stereocenters. The third-order valence-electron chi connectivity index (χ3n) is 1.98. The standard InChI is InChI=1S/C9H15N5O2S/c1-3-6(2)12-8(16)13-7(15)4-17-9-10-5-11-14-9/h5-6H,3-4H2,1-2H3,(H,10,11,14)(H2,12,13,15,16)/t6-/m1/s1. The Morgan fingerprint density at radius 2 is 2.35 bits per heavy atom. The monoisotopic (exact) mass is 257 g/mol. The van der Waals surface area contributed by atoms with Crippen LogP contribution in [-0.4, -0.2) is 38.9 Å². The molecule has 0 bridgehead atoms. The van der Waals surface area contributed by atoms with Crippen LogP contribution in [0.4, 0.5) is 4.79 Å². The van der Waals surface area contributed by atoms with Gasteiger partial charge >= 0.3 is 6.03 Å². The first-order valence-corrected chi connectivity index (χ1v) is 6.19. The smallest absolute Gasteiger partial charge is 0.321 e. The summed E-state index contributed by atoms with van der Waals surface area (Å²) < 4.78 is 0. The molecule has 94 valence electrons. The van der Waals surface area contributed by atoms with E-state index in [1.807, 2.05) is 13.8 Å². The van der Waals surface area contributed by atoms with Crippen molar-refractivity contribution < 1.29 is 9.59 Å². The molecule has 1 heterocycles. The number of urea groups is 1. The molecule has 8 heteroatoms. The molecule has 0 aromatic carbocycles. The van der Waals surface area contributed by atoms with E-state index in [0.717, 1.165) is 6.42 Å². The zero-order valence-corrected chi connectivity index (χ0v) is 10.5. The van der Waals surface area contributed by atoms with Crippen LogP contribution in [0.3, 0.4) is 0 Å². The summed E-state index contributed by atoms with van der Waals surface area (Å²) in [6.45, 7) is 3.82. The molecular weight excluding hydrogens is 242 g/mol. The summed E-state index contributed by atoms with van der Waals surface area (Å²) in [5.74, 6) is -0.254. The van der Waals surface area contributed by atoms with Gasteiger partial charge in [0.1, 0.15) is 6.33 Å². The lowest BCUT2D eigenvalue weighted by Crippen LogP contribution is -2.43. The average Bonchev–Trinajstić information content (AvgIpc) is 2.78. The predicted molar refractivity (Wildman–Crippen MR) is 63.5 cm³/mol. The molecule has 1 rings (SSSR count). The molecule has 0 aliphatic carbocycles. The van der Waals surface area contributed by atoms with Crippen LogP contribution in [0.1, 0.15) is 20.3 Å². The lowest BCUT2D eigenvalue weighted by atomic mass is 10.3. The fourth-order valence-electron chi connectivity index (χ4n) is 0.922. The molecule has 0 spiro atoms. The number of imide groups is 1. The van der Waals surface area contributed by atoms with Gasteiger partial charge in [0.2, 0.25) is 5.91 Å². The van der Waals surface area contributed by atoms with Crippen LogP contribution in [0, 0.1) is 0 Å². The van der Waals surface area contributed by atoms with Crippen LogP contribution in [0.15, 0.2) is 11.5 Å². The molecule has 0 saturated heterocycles. The number of carbonyl (C=O) groups is 2. The number of aromatic amines is 1. The Kier molecular flexibility index (Phi) is 5.47. The molecule has 1 atom stereocenters. The topological polar surface area (TPSA) is 99.8 Å². The predicted octanol–water partition coefficient (Wildman–Crippen LogP) is 0.521. The molecule has 17 heavy (non-hydrogen) atoms. The Morgan fingerprint density at radius 3 is 2.94 bits per heavy atom. The zero-order valence-electron chi connectivity index (χ0n) is 9.69. The van der Waals surface area contributed by atoms with E-state index in [9.17, 15) is 9.59 Å². The summed E-state index contributed by atoms with van der Waals surface area (Å²) in [6, 6.07) is -0.424. The van der Waals surface area contributed by atoms with Crippen molar-refractivity contribution in [2.45, 2.75) is 31.5 Å². The third kappa shape index (κ3) is 5.34. The van der Waals surface area contributed by atoms with Gasteiger partial charge < -0.3 is 5.32 Å². The Bertz CT molecular complexity index is 367. The summed E-state index contributed by atoms with van der Waals surface area (Å²) in [6.07, 6.45) is 2.17. The molecular formula is C9H15N5O2S. The minimum absolute atomic E-state index is 0.0460. The SMILES string of the molecule is CC[C@@H](C)NC(=O)NC(=O)CSc1ncn[nH]1. The normalized spacial score (nSPS) is 11.9. The summed E-state index contributed by atoms with van der Waals surface area (Å²) in [7, 11) is 0. The van der Waals surface area contributed by atoms with Gasteiger partial charge in [-0.3, -0.25) is 15.2 Å². The van der Waals surface area contributed by atoms with Crippen LogP contribution in [0.5, 0.6) is 0 Å². The maximum Gasteiger partial charge on any atom is 0.321 e. The quantitative estimate of drug-likeness (QED) is 0.668. The zero-order chi connectivity index (χ0) is 12.7. The molecule has 3 amide bonds. The summed E-state index contributed by atoms with van der Waals surface area (Å²) in [5.41, 5.74) is 0. The minimum atomic E-state index is -0.470. The Hall–Kier alpha value is -1.57. The van der Waals surface area contributed by atoms with E-state index in [-0.39, 0.29) is 17.7 Å². The van der Waals surface area contributed by atoms with Crippen LogP contribution in [0.2, 0.25) is 0 Å². The van der Waals surface area contributed by atoms with E-state index >= 15 is 0 Å². The van der Waals surface area contributed by atoms with E-state index in [2.05, 4.69) is 25.8 Å². The fourth-order valence-corrected chi connectivity index (χ4v) is 1.50. The van der Waals surface area contributed by atoms with Gasteiger partial charge in [0.15, 0.2) is 5.16 Å². The lowest BCUT2D eigenvalue weighted by Gasteiger charge is -2.11. The first-order chi connectivity index (χ1) is 8.11. The van der Waals surface area contributed by atoms with Gasteiger partial charge in [-0.05, 0) is 13.3 Å². The second-order valence-electron chi connectivity index (χ2n) is 3.41. The molecule has 7 nitrogen and oxygen atoms in total. The number of carbonyl (C=O) groups excluding carboxylic acids is 2. The third-order valence-corrected chi connectivity index (χ3v) is 2.85. The highest BCUT2D eigenvalue weighted by Crippen LogP contribution is 2.09. The Morgan fingerprint density at radius 1 is 1.59 bits per heavy atom. The number of rotatable bonds is 5. The molecule has 0 aliphatic heterocycles. The Balaban J connectivity index is 2.22. The van der Waals surface area contributed by atoms with E-state index in [4.69, 9.17) is 0 Å². The van der Waals surface area contributed by atoms with E-state index in [1.54, 1.807) is 0 Å². The summed E-state index contributed by atoms with van der Waals surface area (Å²) in [4.78, 5) is 26.5.